The largest absolute Gasteiger partial charge is 0.356 e. The molecule has 1 aliphatic rings. The van der Waals surface area contributed by atoms with Crippen LogP contribution in [0.4, 0.5) is 5.82 Å². The van der Waals surface area contributed by atoms with E-state index in [1.165, 1.54) is 22.2 Å². The minimum absolute atomic E-state index is 0.718. The predicted molar refractivity (Wildman–Crippen MR) is 80.9 cm³/mol. The van der Waals surface area contributed by atoms with Crippen molar-refractivity contribution in [1.82, 2.24) is 9.97 Å². The van der Waals surface area contributed by atoms with Gasteiger partial charge in [0.05, 0.1) is 5.39 Å². The highest BCUT2D eigenvalue weighted by atomic mass is 32.1. The molecule has 102 valence electrons. The minimum atomic E-state index is 0.718. The Hall–Kier alpha value is -1.20. The number of rotatable bonds is 3. The van der Waals surface area contributed by atoms with Crippen molar-refractivity contribution in [2.24, 2.45) is 11.7 Å². The van der Waals surface area contributed by atoms with Gasteiger partial charge in [0.2, 0.25) is 0 Å². The SMILES string of the molecule is Cc1sc2ncnc(N3CCC(CCN)C3)c2c1C. The average molecular weight is 276 g/mol. The molecule has 0 spiro atoms. The van der Waals surface area contributed by atoms with Crippen LogP contribution < -0.4 is 10.6 Å². The summed E-state index contributed by atoms with van der Waals surface area (Å²) in [6, 6.07) is 0. The van der Waals surface area contributed by atoms with Crippen molar-refractivity contribution in [3.8, 4) is 0 Å². The lowest BCUT2D eigenvalue weighted by molar-refractivity contribution is 0.546. The van der Waals surface area contributed by atoms with E-state index in [1.807, 2.05) is 0 Å². The van der Waals surface area contributed by atoms with Crippen molar-refractivity contribution in [1.29, 1.82) is 0 Å². The lowest BCUT2D eigenvalue weighted by Gasteiger charge is -2.18. The molecule has 2 N–H and O–H groups in total. The molecule has 0 aromatic carbocycles. The highest BCUT2D eigenvalue weighted by Crippen LogP contribution is 2.36. The molecule has 5 heteroatoms. The second-order valence-electron chi connectivity index (χ2n) is 5.34. The summed E-state index contributed by atoms with van der Waals surface area (Å²) >= 11 is 1.76. The quantitative estimate of drug-likeness (QED) is 0.935. The first kappa shape index (κ1) is 12.8. The zero-order chi connectivity index (χ0) is 13.4. The van der Waals surface area contributed by atoms with Crippen molar-refractivity contribution in [2.45, 2.75) is 26.7 Å². The summed E-state index contributed by atoms with van der Waals surface area (Å²) in [6.45, 7) is 7.29. The van der Waals surface area contributed by atoms with Crippen molar-refractivity contribution in [3.05, 3.63) is 16.8 Å². The molecule has 3 rings (SSSR count). The van der Waals surface area contributed by atoms with E-state index in [9.17, 15) is 0 Å². The molecule has 0 bridgehead atoms. The molecule has 1 unspecified atom stereocenters. The minimum Gasteiger partial charge on any atom is -0.356 e. The van der Waals surface area contributed by atoms with E-state index in [0.717, 1.165) is 42.6 Å². The lowest BCUT2D eigenvalue weighted by Crippen LogP contribution is -2.22. The molecule has 1 atom stereocenters. The molecule has 0 aliphatic carbocycles. The summed E-state index contributed by atoms with van der Waals surface area (Å²) in [5.74, 6) is 1.83. The third-order valence-electron chi connectivity index (χ3n) is 4.11. The third-order valence-corrected chi connectivity index (χ3v) is 5.22. The number of hydrogen-bond acceptors (Lipinski definition) is 5. The first-order valence-electron chi connectivity index (χ1n) is 6.86. The van der Waals surface area contributed by atoms with Gasteiger partial charge < -0.3 is 10.6 Å². The molecular weight excluding hydrogens is 256 g/mol. The highest BCUT2D eigenvalue weighted by molar-refractivity contribution is 7.18. The van der Waals surface area contributed by atoms with E-state index in [0.29, 0.717) is 0 Å². The molecule has 4 nitrogen and oxygen atoms in total. The highest BCUT2D eigenvalue weighted by Gasteiger charge is 2.25. The monoisotopic (exact) mass is 276 g/mol. The van der Waals surface area contributed by atoms with Crippen LogP contribution in [0.15, 0.2) is 6.33 Å². The topological polar surface area (TPSA) is 55.0 Å². The van der Waals surface area contributed by atoms with Crippen molar-refractivity contribution in [2.75, 3.05) is 24.5 Å². The number of anilines is 1. The Kier molecular flexibility index (Phi) is 3.41. The molecule has 1 fully saturated rings. The maximum absolute atomic E-state index is 5.67. The number of nitrogens with two attached hydrogens (primary N) is 1. The molecule has 0 amide bonds. The summed E-state index contributed by atoms with van der Waals surface area (Å²) in [7, 11) is 0. The average Bonchev–Trinajstić information content (AvgIpc) is 2.96. The lowest BCUT2D eigenvalue weighted by atomic mass is 10.1. The maximum Gasteiger partial charge on any atom is 0.141 e. The molecule has 1 aliphatic heterocycles. The van der Waals surface area contributed by atoms with E-state index < -0.39 is 0 Å². The van der Waals surface area contributed by atoms with Gasteiger partial charge in [-0.1, -0.05) is 0 Å². The molecular formula is C14H20N4S. The van der Waals surface area contributed by atoms with Gasteiger partial charge in [0.15, 0.2) is 0 Å². The Bertz CT molecular complexity index is 592. The van der Waals surface area contributed by atoms with Gasteiger partial charge in [-0.3, -0.25) is 0 Å². The number of thiophene rings is 1. The summed E-state index contributed by atoms with van der Waals surface area (Å²) in [5.41, 5.74) is 7.00. The Morgan fingerprint density at radius 3 is 3.05 bits per heavy atom. The zero-order valence-electron chi connectivity index (χ0n) is 11.5. The smallest absolute Gasteiger partial charge is 0.141 e. The van der Waals surface area contributed by atoms with Crippen LogP contribution in [0.3, 0.4) is 0 Å². The fourth-order valence-electron chi connectivity index (χ4n) is 2.90. The van der Waals surface area contributed by atoms with E-state index in [4.69, 9.17) is 5.73 Å². The Morgan fingerprint density at radius 1 is 1.42 bits per heavy atom. The van der Waals surface area contributed by atoms with Gasteiger partial charge >= 0.3 is 0 Å². The van der Waals surface area contributed by atoms with E-state index in [-0.39, 0.29) is 0 Å². The third kappa shape index (κ3) is 2.21. The molecule has 0 radical (unpaired) electrons. The van der Waals surface area contributed by atoms with Crippen LogP contribution >= 0.6 is 11.3 Å². The summed E-state index contributed by atoms with van der Waals surface area (Å²) in [4.78, 5) is 13.8. The van der Waals surface area contributed by atoms with Crippen molar-refractivity contribution >= 4 is 27.4 Å². The van der Waals surface area contributed by atoms with Gasteiger partial charge in [0.1, 0.15) is 17.0 Å². The van der Waals surface area contributed by atoms with Crippen LogP contribution in [0.5, 0.6) is 0 Å². The van der Waals surface area contributed by atoms with Gasteiger partial charge in [-0.15, -0.1) is 11.3 Å². The zero-order valence-corrected chi connectivity index (χ0v) is 12.3. The van der Waals surface area contributed by atoms with Crippen LogP contribution in [-0.4, -0.2) is 29.6 Å². The molecule has 2 aromatic heterocycles. The van der Waals surface area contributed by atoms with Crippen LogP contribution in [-0.2, 0) is 0 Å². The molecule has 2 aromatic rings. The van der Waals surface area contributed by atoms with Crippen LogP contribution in [0.25, 0.3) is 10.2 Å². The van der Waals surface area contributed by atoms with Crippen molar-refractivity contribution in [3.63, 3.8) is 0 Å². The van der Waals surface area contributed by atoms with Crippen LogP contribution in [0, 0.1) is 19.8 Å². The fourth-order valence-corrected chi connectivity index (χ4v) is 3.89. The summed E-state index contributed by atoms with van der Waals surface area (Å²) in [6.07, 6.45) is 4.04. The first-order valence-corrected chi connectivity index (χ1v) is 7.68. The van der Waals surface area contributed by atoms with Gasteiger partial charge in [-0.2, -0.15) is 0 Å². The number of aromatic nitrogens is 2. The standard InChI is InChI=1S/C14H20N4S/c1-9-10(2)19-14-12(9)13(16-8-17-14)18-6-4-11(7-18)3-5-15/h8,11H,3-7,15H2,1-2H3. The van der Waals surface area contributed by atoms with Gasteiger partial charge in [-0.25, -0.2) is 9.97 Å². The second-order valence-corrected chi connectivity index (χ2v) is 6.54. The fraction of sp³-hybridized carbons (Fsp3) is 0.571. The number of hydrogen-bond donors (Lipinski definition) is 1. The van der Waals surface area contributed by atoms with E-state index in [1.54, 1.807) is 17.7 Å². The maximum atomic E-state index is 5.67. The van der Waals surface area contributed by atoms with Gasteiger partial charge in [-0.05, 0) is 44.7 Å². The van der Waals surface area contributed by atoms with Crippen LogP contribution in [0.1, 0.15) is 23.3 Å². The number of fused-ring (bicyclic) bond motifs is 1. The summed E-state index contributed by atoms with van der Waals surface area (Å²) < 4.78 is 0. The number of aryl methyl sites for hydroxylation is 2. The van der Waals surface area contributed by atoms with Crippen molar-refractivity contribution < 1.29 is 0 Å². The van der Waals surface area contributed by atoms with E-state index >= 15 is 0 Å². The predicted octanol–water partition coefficient (Wildman–Crippen LogP) is 2.48. The van der Waals surface area contributed by atoms with E-state index in [2.05, 4.69) is 28.7 Å². The van der Waals surface area contributed by atoms with Gasteiger partial charge in [0, 0.05) is 18.0 Å². The summed E-state index contributed by atoms with van der Waals surface area (Å²) in [5, 5.41) is 1.25. The molecule has 3 heterocycles. The van der Waals surface area contributed by atoms with Gasteiger partial charge in [0.25, 0.3) is 0 Å². The Labute approximate surface area is 117 Å². The Balaban J connectivity index is 1.97. The number of nitrogens with zero attached hydrogens (tertiary/aromatic N) is 3. The first-order chi connectivity index (χ1) is 9.20. The van der Waals surface area contributed by atoms with Crippen LogP contribution in [0.2, 0.25) is 0 Å². The normalized spacial score (nSPS) is 19.5. The second kappa shape index (κ2) is 5.06. The Morgan fingerprint density at radius 2 is 2.26 bits per heavy atom. The molecule has 0 saturated carbocycles. The molecule has 19 heavy (non-hydrogen) atoms. The molecule has 1 saturated heterocycles.